The zero-order valence-corrected chi connectivity index (χ0v) is 47.4. The van der Waals surface area contributed by atoms with E-state index < -0.39 is 6.10 Å². The predicted molar refractivity (Wildman–Crippen MR) is 316 cm³/mol. The van der Waals surface area contributed by atoms with Crippen molar-refractivity contribution in [2.75, 3.05) is 13.2 Å². The number of carbonyl (C=O) groups excluding carboxylic acids is 3. The minimum Gasteiger partial charge on any atom is -0.462 e. The molecule has 0 saturated carbocycles. The molecular weight excluding hydrogens is 901 g/mol. The van der Waals surface area contributed by atoms with Gasteiger partial charge in [0, 0.05) is 19.3 Å². The minimum absolute atomic E-state index is 0.0921. The van der Waals surface area contributed by atoms with Crippen LogP contribution in [0.1, 0.15) is 265 Å². The van der Waals surface area contributed by atoms with Gasteiger partial charge in [0.1, 0.15) is 13.2 Å². The van der Waals surface area contributed by atoms with E-state index in [1.54, 1.807) is 0 Å². The lowest BCUT2D eigenvalue weighted by Gasteiger charge is -2.18. The van der Waals surface area contributed by atoms with Crippen molar-refractivity contribution in [1.82, 2.24) is 0 Å². The van der Waals surface area contributed by atoms with E-state index in [1.807, 2.05) is 0 Å². The van der Waals surface area contributed by atoms with Gasteiger partial charge in [-0.15, -0.1) is 0 Å². The Morgan fingerprint density at radius 3 is 0.863 bits per heavy atom. The first-order valence-corrected chi connectivity index (χ1v) is 30.0. The molecule has 0 aromatic heterocycles. The maximum Gasteiger partial charge on any atom is 0.306 e. The third-order valence-corrected chi connectivity index (χ3v) is 12.5. The SMILES string of the molecule is CC/C=C\C/C=C\C/C=C\C/C=C\C/C=C\C/C=C\C/C=C\C/C=C\C/C=C\CCCCCC(=O)OCC(COC(=O)CCCCCCCCCCCC)OC(=O)CCCCCCC/C=C\CCCCCCC. The molecule has 73 heavy (non-hydrogen) atoms. The van der Waals surface area contributed by atoms with Gasteiger partial charge in [-0.05, 0) is 116 Å². The highest BCUT2D eigenvalue weighted by atomic mass is 16.6. The second-order valence-electron chi connectivity index (χ2n) is 19.5. The molecule has 0 saturated heterocycles. The molecule has 414 valence electrons. The number of hydrogen-bond donors (Lipinski definition) is 0. The van der Waals surface area contributed by atoms with Gasteiger partial charge in [-0.3, -0.25) is 14.4 Å². The molecule has 0 spiro atoms. The topological polar surface area (TPSA) is 78.9 Å². The summed E-state index contributed by atoms with van der Waals surface area (Å²) in [5.74, 6) is -0.937. The molecule has 1 unspecified atom stereocenters. The van der Waals surface area contributed by atoms with Gasteiger partial charge >= 0.3 is 17.9 Å². The molecular formula is C67H110O6. The molecule has 0 amide bonds. The molecule has 0 aliphatic rings. The van der Waals surface area contributed by atoms with Crippen LogP contribution in [0.3, 0.4) is 0 Å². The normalized spacial score (nSPS) is 13.0. The van der Waals surface area contributed by atoms with Crippen molar-refractivity contribution in [3.8, 4) is 0 Å². The van der Waals surface area contributed by atoms with Crippen molar-refractivity contribution in [3.05, 3.63) is 122 Å². The summed E-state index contributed by atoms with van der Waals surface area (Å²) in [6, 6.07) is 0. The van der Waals surface area contributed by atoms with Crippen molar-refractivity contribution >= 4 is 17.9 Å². The third kappa shape index (κ3) is 58.6. The smallest absolute Gasteiger partial charge is 0.306 e. The minimum atomic E-state index is -0.796. The van der Waals surface area contributed by atoms with Crippen LogP contribution in [0.15, 0.2) is 122 Å². The van der Waals surface area contributed by atoms with E-state index in [4.69, 9.17) is 14.2 Å². The van der Waals surface area contributed by atoms with Crippen LogP contribution in [0.5, 0.6) is 0 Å². The van der Waals surface area contributed by atoms with Gasteiger partial charge < -0.3 is 14.2 Å². The summed E-state index contributed by atoms with van der Waals surface area (Å²) in [6.07, 6.45) is 83.4. The van der Waals surface area contributed by atoms with E-state index >= 15 is 0 Å². The Kier molecular flexibility index (Phi) is 56.9. The van der Waals surface area contributed by atoms with Gasteiger partial charge in [0.25, 0.3) is 0 Å². The molecule has 0 aliphatic carbocycles. The number of allylic oxidation sites excluding steroid dienone is 20. The van der Waals surface area contributed by atoms with Crippen LogP contribution in [0.2, 0.25) is 0 Å². The molecule has 6 heteroatoms. The highest BCUT2D eigenvalue weighted by Crippen LogP contribution is 2.14. The van der Waals surface area contributed by atoms with Crippen LogP contribution >= 0.6 is 0 Å². The first-order chi connectivity index (χ1) is 36.0. The van der Waals surface area contributed by atoms with E-state index in [0.29, 0.717) is 19.3 Å². The summed E-state index contributed by atoms with van der Waals surface area (Å²) in [5, 5.41) is 0. The lowest BCUT2D eigenvalue weighted by atomic mass is 10.1. The number of rotatable bonds is 53. The maximum atomic E-state index is 12.8. The Morgan fingerprint density at radius 1 is 0.288 bits per heavy atom. The molecule has 0 rings (SSSR count). The molecule has 0 fully saturated rings. The van der Waals surface area contributed by atoms with Gasteiger partial charge in [-0.25, -0.2) is 0 Å². The van der Waals surface area contributed by atoms with Crippen molar-refractivity contribution in [2.45, 2.75) is 271 Å². The fraction of sp³-hybridized carbons (Fsp3) is 0.657. The fourth-order valence-corrected chi connectivity index (χ4v) is 7.96. The second-order valence-corrected chi connectivity index (χ2v) is 19.5. The Morgan fingerprint density at radius 2 is 0.534 bits per heavy atom. The van der Waals surface area contributed by atoms with Crippen molar-refractivity contribution < 1.29 is 28.6 Å². The first kappa shape index (κ1) is 68.8. The summed E-state index contributed by atoms with van der Waals surface area (Å²) in [4.78, 5) is 38.1. The van der Waals surface area contributed by atoms with Gasteiger partial charge in [0.05, 0.1) is 0 Å². The number of ether oxygens (including phenoxy) is 3. The average Bonchev–Trinajstić information content (AvgIpc) is 3.39. The summed E-state index contributed by atoms with van der Waals surface area (Å²) >= 11 is 0. The van der Waals surface area contributed by atoms with Crippen LogP contribution in [-0.2, 0) is 28.6 Å². The molecule has 0 aromatic rings. The molecule has 0 radical (unpaired) electrons. The summed E-state index contributed by atoms with van der Waals surface area (Å²) < 4.78 is 16.8. The largest absolute Gasteiger partial charge is 0.462 e. The van der Waals surface area contributed by atoms with Crippen LogP contribution in [0, 0.1) is 0 Å². The monoisotopic (exact) mass is 1010 g/mol. The molecule has 0 aromatic carbocycles. The molecule has 0 N–H and O–H groups in total. The molecule has 6 nitrogen and oxygen atoms in total. The van der Waals surface area contributed by atoms with Crippen LogP contribution in [-0.4, -0.2) is 37.2 Å². The Bertz CT molecular complexity index is 1540. The lowest BCUT2D eigenvalue weighted by molar-refractivity contribution is -0.167. The highest BCUT2D eigenvalue weighted by Gasteiger charge is 2.19. The molecule has 0 aliphatic heterocycles. The average molecular weight is 1010 g/mol. The quantitative estimate of drug-likeness (QED) is 0.0261. The van der Waals surface area contributed by atoms with Gasteiger partial charge in [-0.2, -0.15) is 0 Å². The summed E-state index contributed by atoms with van der Waals surface area (Å²) in [5.41, 5.74) is 0. The third-order valence-electron chi connectivity index (χ3n) is 12.5. The van der Waals surface area contributed by atoms with Crippen molar-refractivity contribution in [1.29, 1.82) is 0 Å². The zero-order valence-electron chi connectivity index (χ0n) is 47.4. The van der Waals surface area contributed by atoms with E-state index in [1.165, 1.54) is 89.9 Å². The zero-order chi connectivity index (χ0) is 52.9. The molecule has 1 atom stereocenters. The Balaban J connectivity index is 4.32. The molecule has 0 heterocycles. The highest BCUT2D eigenvalue weighted by molar-refractivity contribution is 5.71. The summed E-state index contributed by atoms with van der Waals surface area (Å²) in [7, 11) is 0. The van der Waals surface area contributed by atoms with Gasteiger partial charge in [0.2, 0.25) is 0 Å². The fourth-order valence-electron chi connectivity index (χ4n) is 7.96. The number of unbranched alkanes of at least 4 members (excludes halogenated alkanes) is 22. The summed E-state index contributed by atoms with van der Waals surface area (Å²) in [6.45, 7) is 6.47. The first-order valence-electron chi connectivity index (χ1n) is 30.0. The number of hydrogen-bond acceptors (Lipinski definition) is 6. The van der Waals surface area contributed by atoms with Crippen LogP contribution < -0.4 is 0 Å². The lowest BCUT2D eigenvalue weighted by Crippen LogP contribution is -2.30. The van der Waals surface area contributed by atoms with E-state index in [-0.39, 0.29) is 31.1 Å². The van der Waals surface area contributed by atoms with Crippen molar-refractivity contribution in [3.63, 3.8) is 0 Å². The number of esters is 3. The maximum absolute atomic E-state index is 12.8. The van der Waals surface area contributed by atoms with E-state index in [0.717, 1.165) is 135 Å². The number of carbonyl (C=O) groups is 3. The van der Waals surface area contributed by atoms with E-state index in [2.05, 4.69) is 142 Å². The van der Waals surface area contributed by atoms with Gasteiger partial charge in [0.15, 0.2) is 6.10 Å². The molecule has 0 bridgehead atoms. The Hall–Kier alpha value is -4.19. The standard InChI is InChI=1S/C67H110O6/c1-4-7-10-13-16-19-22-24-26-27-28-29-30-31-32-33-34-35-36-37-38-39-40-41-42-44-45-48-51-54-57-60-66(69)72-63-64(62-71-65(68)59-56-53-50-47-21-18-15-12-9-6-3)73-67(70)61-58-55-52-49-46-43-25-23-20-17-14-11-8-5-2/h7,10,16,19,23-26,28-29,31-32,34-35,37-38,40-41,44-45,64H,4-6,8-9,11-15,17-18,20-22,27,30,33,36,39,42-43,46-63H2,1-3H3/b10-7-,19-16-,25-23-,26-24-,29-28-,32-31-,35-34-,38-37-,41-40-,45-44-. The van der Waals surface area contributed by atoms with Crippen LogP contribution in [0.4, 0.5) is 0 Å². The second kappa shape index (κ2) is 60.4. The van der Waals surface area contributed by atoms with E-state index in [9.17, 15) is 14.4 Å². The van der Waals surface area contributed by atoms with Crippen LogP contribution in [0.25, 0.3) is 0 Å². The Labute approximate surface area is 450 Å². The van der Waals surface area contributed by atoms with Crippen molar-refractivity contribution in [2.24, 2.45) is 0 Å². The van der Waals surface area contributed by atoms with Gasteiger partial charge in [-0.1, -0.05) is 251 Å². The predicted octanol–water partition coefficient (Wildman–Crippen LogP) is 20.4.